The van der Waals surface area contributed by atoms with Crippen molar-refractivity contribution in [3.8, 4) is 0 Å². The second-order valence-corrected chi connectivity index (χ2v) is 22.9. The molecular weight excluding hydrogens is 987 g/mol. The Morgan fingerprint density at radius 1 is 0.471 bits per heavy atom. The van der Waals surface area contributed by atoms with E-state index in [0.717, 1.165) is 38.5 Å². The molecule has 7 saturated heterocycles. The summed E-state index contributed by atoms with van der Waals surface area (Å²) in [5.41, 5.74) is -1.75. The minimum Gasteiger partial charge on any atom is -0.456 e. The van der Waals surface area contributed by atoms with Crippen molar-refractivity contribution in [1.29, 1.82) is 0 Å². The third-order valence-electron chi connectivity index (χ3n) is 18.3. The molecule has 18 atom stereocenters. The Kier molecular flexibility index (Phi) is 11.8. The summed E-state index contributed by atoms with van der Waals surface area (Å²) in [5, 5.41) is 0.141. The van der Waals surface area contributed by atoms with E-state index in [1.54, 1.807) is 13.8 Å². The first kappa shape index (κ1) is 49.8. The maximum atomic E-state index is 13.5. The van der Waals surface area contributed by atoms with Crippen molar-refractivity contribution in [2.75, 3.05) is 5.33 Å². The Labute approximate surface area is 398 Å². The van der Waals surface area contributed by atoms with Crippen LogP contribution in [0, 0.1) is 53.3 Å². The van der Waals surface area contributed by atoms with Crippen molar-refractivity contribution in [3.05, 3.63) is 34.0 Å². The first-order chi connectivity index (χ1) is 31.6. The summed E-state index contributed by atoms with van der Waals surface area (Å²) < 4.78 is 167. The molecule has 3 aliphatic carbocycles. The normalized spacial score (nSPS) is 49.7. The predicted octanol–water partition coefficient (Wildman–Crippen LogP) is 12.7. The van der Waals surface area contributed by atoms with Gasteiger partial charge in [0.15, 0.2) is 17.2 Å². The minimum absolute atomic E-state index is 0.0558. The van der Waals surface area contributed by atoms with Gasteiger partial charge in [-0.2, -0.15) is 39.5 Å². The van der Waals surface area contributed by atoms with Crippen LogP contribution in [-0.2, 0) is 47.7 Å². The third kappa shape index (κ3) is 7.31. The van der Waals surface area contributed by atoms with E-state index >= 15 is 0 Å². The molecule has 0 N–H and O–H groups in total. The number of fused-ring (bicyclic) bond motifs is 4. The lowest BCUT2D eigenvalue weighted by molar-refractivity contribution is -0.557. The zero-order valence-corrected chi connectivity index (χ0v) is 41.1. The van der Waals surface area contributed by atoms with Gasteiger partial charge in [0.05, 0.1) is 0 Å². The summed E-state index contributed by atoms with van der Waals surface area (Å²) >= 11 is 3.25. The van der Waals surface area contributed by atoms with Gasteiger partial charge in [0, 0.05) is 48.3 Å². The molecule has 0 aromatic rings. The number of ether oxygens (including phenoxy) is 8. The molecule has 0 aromatic heterocycles. The first-order valence-corrected chi connectivity index (χ1v) is 25.4. The molecule has 0 amide bonds. The first-order valence-electron chi connectivity index (χ1n) is 24.3. The molecule has 6 bridgehead atoms. The van der Waals surface area contributed by atoms with Gasteiger partial charge in [0.2, 0.25) is 41.9 Å². The van der Waals surface area contributed by atoms with E-state index in [9.17, 15) is 39.5 Å². The van der Waals surface area contributed by atoms with Crippen LogP contribution in [0.2, 0.25) is 0 Å². The molecule has 13 rings (SSSR count). The largest absolute Gasteiger partial charge is 0.456 e. The van der Waals surface area contributed by atoms with Crippen molar-refractivity contribution in [3.63, 3.8) is 0 Å². The van der Waals surface area contributed by atoms with E-state index in [2.05, 4.69) is 36.7 Å². The second kappa shape index (κ2) is 16.1. The molecule has 0 aromatic carbocycles. The van der Waals surface area contributed by atoms with E-state index < -0.39 is 94.8 Å². The molecular formula is C48H62BrF9O10. The molecule has 10 nitrogen and oxygen atoms in total. The Balaban J connectivity index is 0.000000119. The second-order valence-electron chi connectivity index (χ2n) is 22.3. The fraction of sp³-hybridized carbons (Fsp3) is 0.875. The highest BCUT2D eigenvalue weighted by atomic mass is 79.9. The van der Waals surface area contributed by atoms with Crippen molar-refractivity contribution >= 4 is 15.9 Å². The molecule has 3 unspecified atom stereocenters. The summed E-state index contributed by atoms with van der Waals surface area (Å²) in [6, 6.07) is 0. The highest BCUT2D eigenvalue weighted by Crippen LogP contribution is 2.67. The molecule has 3 spiro atoms. The highest BCUT2D eigenvalue weighted by Gasteiger charge is 2.74. The standard InChI is InChI=1S/C16H20BrF3O3.C16H21F3O4.C16H21F3O3/c1-8-3-4-11-9(7-17)12(16(18,19)20)21-13-15(11)10(8)5-6-14(2,22-13)23-15;1-8-4-5-11-9(2)12(16(17,18)19)20-13-15(11)10(8)6-7-14(3,21-13)22-23-15;1-8-4-5-11-9(2)12(16(17,18)19)20-13-15(11)10(8)6-7-14(3,21-13)22-15/h8,10-11,13H,3-7H2,1-2H3;8,10-11,13H,4-7H2,1-3H3;8,10-11,13H,4-7H2,1-3H3/t8-,10?,11+,13-,14+,15-;8-,10?,11+,13-,14-,15-;8-,10?,11+,13-,14+,15-/m111/s1. The molecule has 10 fully saturated rings. The Morgan fingerprint density at radius 3 is 1.26 bits per heavy atom. The van der Waals surface area contributed by atoms with Gasteiger partial charge < -0.3 is 37.9 Å². The van der Waals surface area contributed by atoms with Crippen LogP contribution in [0.5, 0.6) is 0 Å². The Bertz CT molecular complexity index is 2130. The Morgan fingerprint density at radius 2 is 0.824 bits per heavy atom. The van der Waals surface area contributed by atoms with Crippen LogP contribution in [-0.4, -0.2) is 76.9 Å². The number of hydrogen-bond donors (Lipinski definition) is 0. The number of rotatable bonds is 1. The van der Waals surface area contributed by atoms with Gasteiger partial charge in [-0.05, 0) is 139 Å². The lowest BCUT2D eigenvalue weighted by Crippen LogP contribution is -2.67. The fourth-order valence-electron chi connectivity index (χ4n) is 15.2. The monoisotopic (exact) mass is 1050 g/mol. The topological polar surface area (TPSA) is 92.3 Å². The van der Waals surface area contributed by atoms with E-state index in [0.29, 0.717) is 56.3 Å². The van der Waals surface area contributed by atoms with E-state index in [1.165, 1.54) is 6.92 Å². The smallest absolute Gasteiger partial charge is 0.449 e. The molecule has 0 radical (unpaired) electrons. The molecule has 20 heteroatoms. The number of halogens is 10. The average molecular weight is 1050 g/mol. The number of allylic oxidation sites excluding steroid dienone is 3. The lowest BCUT2D eigenvalue weighted by atomic mass is 9.58. The maximum Gasteiger partial charge on any atom is 0.449 e. The van der Waals surface area contributed by atoms with Crippen LogP contribution in [0.4, 0.5) is 39.5 Å². The Hall–Kier alpha value is -1.81. The molecule has 10 aliphatic heterocycles. The summed E-state index contributed by atoms with van der Waals surface area (Å²) in [6.45, 7) is 14.8. The lowest BCUT2D eigenvalue weighted by Gasteiger charge is -2.57. The summed E-state index contributed by atoms with van der Waals surface area (Å²) in [4.78, 5) is 11.3. The maximum absolute atomic E-state index is 13.5. The van der Waals surface area contributed by atoms with Gasteiger partial charge in [0.25, 0.3) is 0 Å². The fourth-order valence-corrected chi connectivity index (χ4v) is 15.9. The number of alkyl halides is 10. The minimum atomic E-state index is -4.53. The van der Waals surface area contributed by atoms with Gasteiger partial charge in [-0.15, -0.1) is 0 Å². The van der Waals surface area contributed by atoms with Crippen LogP contribution < -0.4 is 0 Å². The van der Waals surface area contributed by atoms with Crippen LogP contribution in [0.3, 0.4) is 0 Å². The van der Waals surface area contributed by atoms with Crippen LogP contribution >= 0.6 is 15.9 Å². The molecule has 68 heavy (non-hydrogen) atoms. The third-order valence-corrected chi connectivity index (χ3v) is 18.9. The van der Waals surface area contributed by atoms with Gasteiger partial charge >= 0.3 is 18.5 Å². The predicted molar refractivity (Wildman–Crippen MR) is 224 cm³/mol. The molecule has 10 heterocycles. The molecule has 3 saturated carbocycles. The van der Waals surface area contributed by atoms with Crippen molar-refractivity contribution in [1.82, 2.24) is 0 Å². The van der Waals surface area contributed by atoms with Gasteiger partial charge in [-0.1, -0.05) is 36.7 Å². The number of hydrogen-bond acceptors (Lipinski definition) is 10. The van der Waals surface area contributed by atoms with Gasteiger partial charge in [-0.3, -0.25) is 0 Å². The average Bonchev–Trinajstić information content (AvgIpc) is 3.45. The SMILES string of the molecule is CC1=C(C(F)(F)F)O[C@@H]2O[C@@]3(C)CCC4[C@H](C)CC[C@@H]1[C@]42OO3.CC1=C(C(F)(F)F)O[C@@H]2O[C@]3(C)CCC4[C@H](C)CC[C@@H]1[C@]42O3.C[C@@H]1CC[C@H]2C(CBr)=C(C(F)(F)F)O[C@@H]3O[C@]4(C)CCC1[C@]32O4. The van der Waals surface area contributed by atoms with Crippen molar-refractivity contribution in [2.24, 2.45) is 53.3 Å². The van der Waals surface area contributed by atoms with Crippen molar-refractivity contribution < 1.29 is 87.2 Å². The van der Waals surface area contributed by atoms with E-state index in [-0.39, 0.29) is 51.6 Å². The van der Waals surface area contributed by atoms with Crippen molar-refractivity contribution in [2.45, 2.75) is 204 Å². The zero-order chi connectivity index (χ0) is 49.2. The van der Waals surface area contributed by atoms with Gasteiger partial charge in [0.1, 0.15) is 11.2 Å². The van der Waals surface area contributed by atoms with Crippen LogP contribution in [0.25, 0.3) is 0 Å². The van der Waals surface area contributed by atoms with Crippen LogP contribution in [0.1, 0.15) is 132 Å². The van der Waals surface area contributed by atoms with E-state index in [4.69, 9.17) is 47.7 Å². The summed E-state index contributed by atoms with van der Waals surface area (Å²) in [7, 11) is 0. The molecule has 13 aliphatic rings. The summed E-state index contributed by atoms with van der Waals surface area (Å²) in [5.74, 6) is -4.83. The van der Waals surface area contributed by atoms with E-state index in [1.807, 2.05) is 13.8 Å². The molecule has 384 valence electrons. The van der Waals surface area contributed by atoms with Gasteiger partial charge in [-0.25, -0.2) is 9.78 Å². The zero-order valence-electron chi connectivity index (χ0n) is 39.5. The summed E-state index contributed by atoms with van der Waals surface area (Å²) in [6.07, 6.45) is -7.22. The quantitative estimate of drug-likeness (QED) is 0.144. The highest BCUT2D eigenvalue weighted by molar-refractivity contribution is 9.09. The van der Waals surface area contributed by atoms with Crippen LogP contribution in [0.15, 0.2) is 34.0 Å².